The van der Waals surface area contributed by atoms with E-state index in [9.17, 15) is 9.59 Å². The normalized spacial score (nSPS) is 10.2. The zero-order valence-corrected chi connectivity index (χ0v) is 14.9. The summed E-state index contributed by atoms with van der Waals surface area (Å²) in [6.07, 6.45) is 2.02. The van der Waals surface area contributed by atoms with E-state index in [2.05, 4.69) is 12.2 Å². The van der Waals surface area contributed by atoms with Gasteiger partial charge in [0.2, 0.25) is 0 Å². The van der Waals surface area contributed by atoms with E-state index in [0.29, 0.717) is 29.2 Å². The van der Waals surface area contributed by atoms with Crippen LogP contribution < -0.4 is 10.1 Å². The molecule has 0 radical (unpaired) electrons. The number of amides is 2. The Balaban J connectivity index is 2.15. The molecule has 0 spiro atoms. The van der Waals surface area contributed by atoms with E-state index in [-0.39, 0.29) is 11.8 Å². The van der Waals surface area contributed by atoms with Crippen LogP contribution >= 0.6 is 0 Å². The summed E-state index contributed by atoms with van der Waals surface area (Å²) < 4.78 is 5.64. The molecule has 0 saturated carbocycles. The topological polar surface area (TPSA) is 58.6 Å². The Labute approximate surface area is 148 Å². The lowest BCUT2D eigenvalue weighted by Gasteiger charge is -2.15. The highest BCUT2D eigenvalue weighted by molar-refractivity contribution is 6.09. The Morgan fingerprint density at radius 3 is 2.56 bits per heavy atom. The van der Waals surface area contributed by atoms with Crippen LogP contribution in [0.3, 0.4) is 0 Å². The monoisotopic (exact) mass is 340 g/mol. The Hall–Kier alpha value is -2.82. The van der Waals surface area contributed by atoms with Gasteiger partial charge in [-0.1, -0.05) is 31.5 Å². The van der Waals surface area contributed by atoms with Crippen LogP contribution in [0.2, 0.25) is 0 Å². The molecule has 5 nitrogen and oxygen atoms in total. The SMILES string of the molecule is CCCCOc1cccc(C(=O)Nc2ccccc2C(=O)N(C)C)c1. The molecule has 0 saturated heterocycles. The van der Waals surface area contributed by atoms with Crippen molar-refractivity contribution in [2.45, 2.75) is 19.8 Å². The van der Waals surface area contributed by atoms with Gasteiger partial charge in [-0.25, -0.2) is 0 Å². The number of hydrogen-bond donors (Lipinski definition) is 1. The third-order valence-electron chi connectivity index (χ3n) is 3.67. The Kier molecular flexibility index (Phi) is 6.57. The number of anilines is 1. The number of para-hydroxylation sites is 1. The van der Waals surface area contributed by atoms with Crippen LogP contribution in [0.25, 0.3) is 0 Å². The van der Waals surface area contributed by atoms with E-state index in [0.717, 1.165) is 12.8 Å². The van der Waals surface area contributed by atoms with Gasteiger partial charge in [-0.2, -0.15) is 0 Å². The first-order chi connectivity index (χ1) is 12.0. The molecule has 0 heterocycles. The molecule has 2 rings (SSSR count). The second kappa shape index (κ2) is 8.87. The zero-order valence-electron chi connectivity index (χ0n) is 14.9. The maximum absolute atomic E-state index is 12.5. The quantitative estimate of drug-likeness (QED) is 0.780. The van der Waals surface area contributed by atoms with Crippen LogP contribution in [0, 0.1) is 0 Å². The average Bonchev–Trinajstić information content (AvgIpc) is 2.62. The second-order valence-corrected chi connectivity index (χ2v) is 5.93. The summed E-state index contributed by atoms with van der Waals surface area (Å²) >= 11 is 0. The van der Waals surface area contributed by atoms with Crippen LogP contribution in [0.4, 0.5) is 5.69 Å². The number of carbonyl (C=O) groups excluding carboxylic acids is 2. The summed E-state index contributed by atoms with van der Waals surface area (Å²) in [7, 11) is 3.36. The van der Waals surface area contributed by atoms with E-state index < -0.39 is 0 Å². The maximum Gasteiger partial charge on any atom is 0.255 e. The van der Waals surface area contributed by atoms with Gasteiger partial charge in [-0.15, -0.1) is 0 Å². The Morgan fingerprint density at radius 2 is 1.84 bits per heavy atom. The molecule has 0 atom stereocenters. The molecule has 0 bridgehead atoms. The second-order valence-electron chi connectivity index (χ2n) is 5.93. The first-order valence-electron chi connectivity index (χ1n) is 8.37. The number of hydrogen-bond acceptors (Lipinski definition) is 3. The molecule has 25 heavy (non-hydrogen) atoms. The van der Waals surface area contributed by atoms with Crippen molar-refractivity contribution in [2.24, 2.45) is 0 Å². The molecule has 0 unspecified atom stereocenters. The fraction of sp³-hybridized carbons (Fsp3) is 0.300. The lowest BCUT2D eigenvalue weighted by Crippen LogP contribution is -2.24. The number of nitrogens with zero attached hydrogens (tertiary/aromatic N) is 1. The molecule has 132 valence electrons. The molecule has 1 N–H and O–H groups in total. The first kappa shape index (κ1) is 18.5. The largest absolute Gasteiger partial charge is 0.494 e. The van der Waals surface area contributed by atoms with Crippen molar-refractivity contribution < 1.29 is 14.3 Å². The van der Waals surface area contributed by atoms with Gasteiger partial charge in [-0.3, -0.25) is 9.59 Å². The van der Waals surface area contributed by atoms with Crippen LogP contribution in [0.15, 0.2) is 48.5 Å². The molecule has 5 heteroatoms. The molecule has 0 aliphatic heterocycles. The molecule has 2 aromatic rings. The van der Waals surface area contributed by atoms with Gasteiger partial charge in [0.05, 0.1) is 17.9 Å². The lowest BCUT2D eigenvalue weighted by molar-refractivity contribution is 0.0828. The summed E-state index contributed by atoms with van der Waals surface area (Å²) in [5.74, 6) is 0.228. The highest BCUT2D eigenvalue weighted by Gasteiger charge is 2.15. The number of rotatable bonds is 7. The number of unbranched alkanes of at least 4 members (excludes halogenated alkanes) is 1. The summed E-state index contributed by atoms with van der Waals surface area (Å²) in [6.45, 7) is 2.72. The van der Waals surface area contributed by atoms with E-state index in [1.54, 1.807) is 56.6 Å². The maximum atomic E-state index is 12.5. The highest BCUT2D eigenvalue weighted by atomic mass is 16.5. The van der Waals surface area contributed by atoms with Crippen LogP contribution in [-0.4, -0.2) is 37.4 Å². The zero-order chi connectivity index (χ0) is 18.2. The fourth-order valence-corrected chi connectivity index (χ4v) is 2.28. The number of nitrogens with one attached hydrogen (secondary N) is 1. The molecule has 0 fully saturated rings. The number of carbonyl (C=O) groups is 2. The van der Waals surface area contributed by atoms with Crippen LogP contribution in [-0.2, 0) is 0 Å². The summed E-state index contributed by atoms with van der Waals surface area (Å²) in [5.41, 5.74) is 1.43. The number of ether oxygens (including phenoxy) is 1. The van der Waals surface area contributed by atoms with Gasteiger partial charge in [0.1, 0.15) is 5.75 Å². The molecule has 2 amide bonds. The van der Waals surface area contributed by atoms with Gasteiger partial charge in [0, 0.05) is 19.7 Å². The minimum absolute atomic E-state index is 0.160. The van der Waals surface area contributed by atoms with Crippen molar-refractivity contribution in [3.05, 3.63) is 59.7 Å². The smallest absolute Gasteiger partial charge is 0.255 e. The van der Waals surface area contributed by atoms with Crippen molar-refractivity contribution in [3.8, 4) is 5.75 Å². The average molecular weight is 340 g/mol. The third-order valence-corrected chi connectivity index (χ3v) is 3.67. The summed E-state index contributed by atoms with van der Waals surface area (Å²) in [6, 6.07) is 14.0. The molecule has 0 aromatic heterocycles. The minimum atomic E-state index is -0.278. The lowest BCUT2D eigenvalue weighted by atomic mass is 10.1. The Morgan fingerprint density at radius 1 is 1.08 bits per heavy atom. The summed E-state index contributed by atoms with van der Waals surface area (Å²) in [4.78, 5) is 26.3. The molecule has 0 aliphatic rings. The summed E-state index contributed by atoms with van der Waals surface area (Å²) in [5, 5.41) is 2.82. The van der Waals surface area contributed by atoms with Crippen molar-refractivity contribution in [2.75, 3.05) is 26.0 Å². The van der Waals surface area contributed by atoms with Gasteiger partial charge >= 0.3 is 0 Å². The van der Waals surface area contributed by atoms with Gasteiger partial charge in [0.25, 0.3) is 11.8 Å². The van der Waals surface area contributed by atoms with E-state index >= 15 is 0 Å². The van der Waals surface area contributed by atoms with Gasteiger partial charge < -0.3 is 15.0 Å². The van der Waals surface area contributed by atoms with E-state index in [4.69, 9.17) is 4.74 Å². The van der Waals surface area contributed by atoms with Gasteiger partial charge in [-0.05, 0) is 36.8 Å². The standard InChI is InChI=1S/C20H24N2O3/c1-4-5-13-25-16-10-8-9-15(14-16)19(23)21-18-12-7-6-11-17(18)20(24)22(2)3/h6-12,14H,4-5,13H2,1-3H3,(H,21,23). The fourth-order valence-electron chi connectivity index (χ4n) is 2.28. The van der Waals surface area contributed by atoms with Gasteiger partial charge in [0.15, 0.2) is 0 Å². The molecular weight excluding hydrogens is 316 g/mol. The van der Waals surface area contributed by atoms with E-state index in [1.165, 1.54) is 4.90 Å². The van der Waals surface area contributed by atoms with E-state index in [1.807, 2.05) is 6.07 Å². The molecule has 2 aromatic carbocycles. The van der Waals surface area contributed by atoms with Crippen molar-refractivity contribution in [3.63, 3.8) is 0 Å². The minimum Gasteiger partial charge on any atom is -0.494 e. The molecular formula is C20H24N2O3. The molecule has 0 aliphatic carbocycles. The number of benzene rings is 2. The third kappa shape index (κ3) is 5.08. The first-order valence-corrected chi connectivity index (χ1v) is 8.37. The van der Waals surface area contributed by atoms with Crippen LogP contribution in [0.1, 0.15) is 40.5 Å². The van der Waals surface area contributed by atoms with Crippen molar-refractivity contribution in [1.82, 2.24) is 4.90 Å². The van der Waals surface area contributed by atoms with Crippen molar-refractivity contribution >= 4 is 17.5 Å². The van der Waals surface area contributed by atoms with Crippen molar-refractivity contribution in [1.29, 1.82) is 0 Å². The predicted octanol–water partition coefficient (Wildman–Crippen LogP) is 3.82. The highest BCUT2D eigenvalue weighted by Crippen LogP contribution is 2.19. The predicted molar refractivity (Wildman–Crippen MR) is 99.3 cm³/mol. The Bertz CT molecular complexity index is 741. The van der Waals surface area contributed by atoms with Crippen LogP contribution in [0.5, 0.6) is 5.75 Å².